The fourth-order valence-corrected chi connectivity index (χ4v) is 7.37. The number of amides is 4. The van der Waals surface area contributed by atoms with Crippen LogP contribution in [0.2, 0.25) is 0 Å². The van der Waals surface area contributed by atoms with Crippen LogP contribution < -0.4 is 21.3 Å². The topological polar surface area (TPSA) is 249 Å². The Morgan fingerprint density at radius 3 is 1.22 bits per heavy atom. The molecule has 0 bridgehead atoms. The molecule has 15 nitrogen and oxygen atoms in total. The van der Waals surface area contributed by atoms with Gasteiger partial charge in [0.1, 0.15) is 21.3 Å². The van der Waals surface area contributed by atoms with E-state index in [1.807, 2.05) is 0 Å². The number of carbonyl (C=O) groups is 3. The van der Waals surface area contributed by atoms with E-state index < -0.39 is 47.9 Å². The Hall–Kier alpha value is -6.53. The summed E-state index contributed by atoms with van der Waals surface area (Å²) in [6.07, 6.45) is 0. The van der Waals surface area contributed by atoms with Gasteiger partial charge in [0, 0.05) is 44.0 Å². The maximum atomic E-state index is 13.2. The van der Waals surface area contributed by atoms with Crippen molar-refractivity contribution in [1.82, 2.24) is 0 Å². The minimum atomic E-state index is -4.71. The number of rotatable bonds is 8. The van der Waals surface area contributed by atoms with Crippen molar-refractivity contribution >= 4 is 82.4 Å². The summed E-state index contributed by atoms with van der Waals surface area (Å²) in [5.74, 6) is -1.78. The summed E-state index contributed by atoms with van der Waals surface area (Å²) in [5.41, 5.74) is 2.06. The number of hydrogen-bond donors (Lipinski definition) is 8. The molecule has 0 fully saturated rings. The summed E-state index contributed by atoms with van der Waals surface area (Å²) >= 11 is 0. The average Bonchev–Trinajstić information content (AvgIpc) is 3.11. The van der Waals surface area contributed by atoms with Crippen LogP contribution in [-0.4, -0.2) is 54.0 Å². The highest BCUT2D eigenvalue weighted by molar-refractivity contribution is 7.86. The molecule has 0 radical (unpaired) electrons. The van der Waals surface area contributed by atoms with Gasteiger partial charge in [-0.25, -0.2) is 4.79 Å². The highest BCUT2D eigenvalue weighted by atomic mass is 32.2. The third-order valence-corrected chi connectivity index (χ3v) is 10.3. The normalized spacial score (nSPS) is 11.6. The summed E-state index contributed by atoms with van der Waals surface area (Å²) in [7, 11) is -9.41. The van der Waals surface area contributed by atoms with Gasteiger partial charge in [-0.15, -0.1) is 0 Å². The standard InChI is InChI=1S/C37H30N4O11S2/c1-19-17-21(35(44)38-27-13-15-29(42)23-5-3-7-31(33(23)27)53(47,48)49)9-11-25(19)40-37(46)41-26-12-10-22(18-20(26)2)36(45)39-28-14-16-30(43)24-6-4-8-32(34(24)28)54(50,51)52/h3-18,42-43H,1-2H3,(H,38,44)(H,39,45)(H2,40,41,46)(H,47,48,49)(H,50,51,52). The van der Waals surface area contributed by atoms with Crippen LogP contribution in [0.1, 0.15) is 31.8 Å². The first-order valence-corrected chi connectivity index (χ1v) is 18.7. The third kappa shape index (κ3) is 7.50. The molecule has 8 N–H and O–H groups in total. The molecule has 6 aromatic carbocycles. The summed E-state index contributed by atoms with van der Waals surface area (Å²) < 4.78 is 67.6. The molecule has 54 heavy (non-hydrogen) atoms. The second kappa shape index (κ2) is 14.1. The number of aryl methyl sites for hydroxylation is 2. The van der Waals surface area contributed by atoms with E-state index in [1.54, 1.807) is 13.8 Å². The summed E-state index contributed by atoms with van der Waals surface area (Å²) in [5, 5.41) is 31.2. The third-order valence-electron chi connectivity index (χ3n) is 8.48. The number of hydrogen-bond acceptors (Lipinski definition) is 9. The van der Waals surface area contributed by atoms with Crippen molar-refractivity contribution < 1.29 is 50.5 Å². The SMILES string of the molecule is Cc1cc(C(=O)Nc2ccc(O)c3cccc(S(=O)(=O)O)c23)ccc1NC(=O)Nc1ccc(C(=O)Nc2ccc(O)c3cccc(S(=O)(=O)O)c23)cc1C. The summed E-state index contributed by atoms with van der Waals surface area (Å²) in [6, 6.07) is 21.2. The van der Waals surface area contributed by atoms with E-state index in [1.165, 1.54) is 84.9 Å². The number of carbonyl (C=O) groups excluding carboxylic acids is 3. The molecule has 4 amide bonds. The Balaban J connectivity index is 1.15. The fraction of sp³-hybridized carbons (Fsp3) is 0.0541. The van der Waals surface area contributed by atoms with Gasteiger partial charge < -0.3 is 31.5 Å². The molecule has 0 atom stereocenters. The van der Waals surface area contributed by atoms with E-state index >= 15 is 0 Å². The van der Waals surface area contributed by atoms with E-state index in [0.717, 1.165) is 12.1 Å². The maximum absolute atomic E-state index is 13.2. The van der Waals surface area contributed by atoms with Gasteiger partial charge in [0.05, 0.1) is 11.4 Å². The largest absolute Gasteiger partial charge is 0.507 e. The predicted molar refractivity (Wildman–Crippen MR) is 202 cm³/mol. The first-order valence-electron chi connectivity index (χ1n) is 15.8. The molecule has 0 aliphatic carbocycles. The van der Waals surface area contributed by atoms with Crippen LogP contribution in [0.4, 0.5) is 27.5 Å². The van der Waals surface area contributed by atoms with E-state index in [9.17, 15) is 50.5 Å². The van der Waals surface area contributed by atoms with Crippen LogP contribution in [-0.2, 0) is 20.2 Å². The lowest BCUT2D eigenvalue weighted by Crippen LogP contribution is -2.21. The molecule has 0 unspecified atom stereocenters. The minimum absolute atomic E-state index is 0.0271. The number of nitrogens with one attached hydrogen (secondary N) is 4. The fourth-order valence-electron chi connectivity index (χ4n) is 5.91. The molecule has 6 aromatic rings. The Bertz CT molecular complexity index is 2600. The van der Waals surface area contributed by atoms with E-state index in [4.69, 9.17) is 0 Å². The summed E-state index contributed by atoms with van der Waals surface area (Å²) in [6.45, 7) is 3.29. The molecule has 0 aliphatic heterocycles. The number of benzene rings is 6. The van der Waals surface area contributed by atoms with E-state index in [2.05, 4.69) is 21.3 Å². The molecule has 0 saturated heterocycles. The number of aromatic hydroxyl groups is 2. The molecule has 0 aromatic heterocycles. The molecule has 6 rings (SSSR count). The zero-order valence-electron chi connectivity index (χ0n) is 28.2. The second-order valence-corrected chi connectivity index (χ2v) is 14.9. The number of urea groups is 1. The van der Waals surface area contributed by atoms with Gasteiger partial charge in [0.25, 0.3) is 32.1 Å². The lowest BCUT2D eigenvalue weighted by molar-refractivity contribution is 0.101. The van der Waals surface area contributed by atoms with Gasteiger partial charge in [-0.2, -0.15) is 16.8 Å². The van der Waals surface area contributed by atoms with Gasteiger partial charge in [0.15, 0.2) is 0 Å². The lowest BCUT2D eigenvalue weighted by Gasteiger charge is -2.15. The molecule has 17 heteroatoms. The van der Waals surface area contributed by atoms with Crippen molar-refractivity contribution in [3.8, 4) is 11.5 Å². The first-order chi connectivity index (χ1) is 25.4. The van der Waals surface area contributed by atoms with Crippen molar-refractivity contribution in [2.45, 2.75) is 23.6 Å². The van der Waals surface area contributed by atoms with Crippen molar-refractivity contribution in [2.75, 3.05) is 21.3 Å². The quantitative estimate of drug-likeness (QED) is 0.0600. The van der Waals surface area contributed by atoms with Gasteiger partial charge in [-0.3, -0.25) is 18.7 Å². The zero-order valence-corrected chi connectivity index (χ0v) is 29.8. The Morgan fingerprint density at radius 1 is 0.500 bits per heavy atom. The molecular formula is C37H30N4O11S2. The lowest BCUT2D eigenvalue weighted by atomic mass is 10.1. The van der Waals surface area contributed by atoms with Gasteiger partial charge >= 0.3 is 6.03 Å². The van der Waals surface area contributed by atoms with Gasteiger partial charge in [-0.1, -0.05) is 24.3 Å². The van der Waals surface area contributed by atoms with Crippen molar-refractivity contribution in [3.63, 3.8) is 0 Å². The van der Waals surface area contributed by atoms with Gasteiger partial charge in [-0.05, 0) is 97.8 Å². The minimum Gasteiger partial charge on any atom is -0.507 e. The van der Waals surface area contributed by atoms with Crippen molar-refractivity contribution in [1.29, 1.82) is 0 Å². The van der Waals surface area contributed by atoms with Crippen LogP contribution >= 0.6 is 0 Å². The van der Waals surface area contributed by atoms with Crippen molar-refractivity contribution in [3.05, 3.63) is 119 Å². The van der Waals surface area contributed by atoms with E-state index in [-0.39, 0.29) is 55.5 Å². The number of fused-ring (bicyclic) bond motifs is 2. The van der Waals surface area contributed by atoms with Crippen LogP contribution in [0.25, 0.3) is 21.5 Å². The highest BCUT2D eigenvalue weighted by Crippen LogP contribution is 2.37. The molecule has 0 aliphatic rings. The highest BCUT2D eigenvalue weighted by Gasteiger charge is 2.22. The number of phenolic OH excluding ortho intramolecular Hbond substituents is 2. The molecule has 0 saturated carbocycles. The molecule has 0 heterocycles. The van der Waals surface area contributed by atoms with Crippen LogP contribution in [0.5, 0.6) is 11.5 Å². The molecular weight excluding hydrogens is 741 g/mol. The Labute approximate surface area is 307 Å². The zero-order chi connectivity index (χ0) is 39.1. The van der Waals surface area contributed by atoms with Crippen molar-refractivity contribution in [2.24, 2.45) is 0 Å². The number of phenols is 2. The van der Waals surface area contributed by atoms with Crippen LogP contribution in [0.3, 0.4) is 0 Å². The van der Waals surface area contributed by atoms with E-state index in [0.29, 0.717) is 22.5 Å². The number of anilines is 4. The average molecular weight is 771 g/mol. The Kier molecular flexibility index (Phi) is 9.74. The second-order valence-electron chi connectivity index (χ2n) is 12.1. The predicted octanol–water partition coefficient (Wildman–Crippen LogP) is 6.66. The van der Waals surface area contributed by atoms with Crippen LogP contribution in [0, 0.1) is 13.8 Å². The Morgan fingerprint density at radius 2 is 0.870 bits per heavy atom. The van der Waals surface area contributed by atoms with Crippen LogP contribution in [0.15, 0.2) is 107 Å². The molecule has 276 valence electrons. The molecule has 0 spiro atoms. The maximum Gasteiger partial charge on any atom is 0.323 e. The first kappa shape index (κ1) is 37.2. The monoisotopic (exact) mass is 770 g/mol. The smallest absolute Gasteiger partial charge is 0.323 e. The summed E-state index contributed by atoms with van der Waals surface area (Å²) in [4.78, 5) is 38.4. The van der Waals surface area contributed by atoms with Gasteiger partial charge in [0.2, 0.25) is 0 Å².